The molecule has 20 heteroatoms. The fourth-order valence-corrected chi connectivity index (χ4v) is 10.7. The number of pyridine rings is 2. The molecule has 0 spiro atoms. The van der Waals surface area contributed by atoms with Crippen molar-refractivity contribution in [2.45, 2.75) is 105 Å². The van der Waals surface area contributed by atoms with Crippen LogP contribution >= 0.6 is 23.3 Å². The summed E-state index contributed by atoms with van der Waals surface area (Å²) < 4.78 is 5.06. The van der Waals surface area contributed by atoms with Crippen LogP contribution in [0.4, 0.5) is 10.9 Å². The van der Waals surface area contributed by atoms with Crippen LogP contribution in [0.15, 0.2) is 79.1 Å². The fraction of sp³-hybridized carbons (Fsp3) is 0.431. The molecule has 6 heterocycles. The van der Waals surface area contributed by atoms with Crippen LogP contribution in [0.2, 0.25) is 0 Å². The smallest absolute Gasteiger partial charge is 0.280 e. The molecule has 1 saturated heterocycles. The molecule has 6 N–H and O–H groups in total. The highest BCUT2D eigenvalue weighted by Crippen LogP contribution is 2.33. The highest BCUT2D eigenvalue weighted by Gasteiger charge is 2.28. The number of nitrogens with one attached hydrogen (secondary N) is 5. The topological polar surface area (TPSA) is 229 Å². The van der Waals surface area contributed by atoms with Crippen molar-refractivity contribution in [1.29, 1.82) is 0 Å². The first-order valence-electron chi connectivity index (χ1n) is 26.8. The van der Waals surface area contributed by atoms with E-state index in [4.69, 9.17) is 16.5 Å². The van der Waals surface area contributed by atoms with Gasteiger partial charge in [0.15, 0.2) is 5.13 Å². The predicted molar refractivity (Wildman–Crippen MR) is 309 cm³/mol. The number of thiazole rings is 1. The van der Waals surface area contributed by atoms with Gasteiger partial charge in [-0.05, 0) is 116 Å². The highest BCUT2D eigenvalue weighted by atomic mass is 32.2. The maximum Gasteiger partial charge on any atom is 0.280 e. The van der Waals surface area contributed by atoms with E-state index >= 15 is 0 Å². The lowest BCUT2D eigenvalue weighted by Gasteiger charge is -2.31. The summed E-state index contributed by atoms with van der Waals surface area (Å²) in [5, 5.41) is 26.4. The van der Waals surface area contributed by atoms with Crippen molar-refractivity contribution in [3.05, 3.63) is 118 Å². The van der Waals surface area contributed by atoms with Gasteiger partial charge in [-0.1, -0.05) is 81.6 Å². The van der Waals surface area contributed by atoms with E-state index in [1.807, 2.05) is 66.9 Å². The number of terminal acetylenes is 1. The number of aliphatic hydroxyl groups is 1. The molecule has 0 radical (unpaired) electrons. The summed E-state index contributed by atoms with van der Waals surface area (Å²) in [5.74, 6) is 4.11. The van der Waals surface area contributed by atoms with Gasteiger partial charge in [0.05, 0.1) is 18.8 Å². The molecular formula is C58H72N12O6S2. The largest absolute Gasteiger partial charge is 0.391 e. The number of rotatable bonds is 19. The van der Waals surface area contributed by atoms with E-state index < -0.39 is 6.10 Å². The van der Waals surface area contributed by atoms with Crippen LogP contribution in [0.3, 0.4) is 0 Å². The molecule has 78 heavy (non-hydrogen) atoms. The van der Waals surface area contributed by atoms with Gasteiger partial charge in [-0.15, -0.1) is 6.42 Å². The molecule has 2 aliphatic heterocycles. The third-order valence-corrected chi connectivity index (χ3v) is 15.0. The molecule has 1 unspecified atom stereocenters. The number of carbonyl (C=O) groups is 5. The molecule has 0 bridgehead atoms. The Bertz CT molecular complexity index is 2990. The second-order valence-electron chi connectivity index (χ2n) is 20.2. The Labute approximate surface area is 465 Å². The summed E-state index contributed by atoms with van der Waals surface area (Å²) in [6.45, 7) is 12.7. The van der Waals surface area contributed by atoms with E-state index in [9.17, 15) is 29.1 Å². The summed E-state index contributed by atoms with van der Waals surface area (Å²) in [6.07, 6.45) is 16.5. The van der Waals surface area contributed by atoms with Gasteiger partial charge in [0.1, 0.15) is 21.9 Å². The average molecular weight is 1100 g/mol. The van der Waals surface area contributed by atoms with Crippen LogP contribution in [0.1, 0.15) is 115 Å². The number of anilines is 2. The van der Waals surface area contributed by atoms with Gasteiger partial charge in [0.2, 0.25) is 18.2 Å². The number of carbonyl (C=O) groups excluding carboxylic acids is 5. The lowest BCUT2D eigenvalue weighted by Crippen LogP contribution is -2.40. The first kappa shape index (κ1) is 58.5. The maximum absolute atomic E-state index is 14.1. The van der Waals surface area contributed by atoms with Gasteiger partial charge in [0.25, 0.3) is 11.8 Å². The molecule has 4 aromatic heterocycles. The van der Waals surface area contributed by atoms with Crippen molar-refractivity contribution in [2.24, 2.45) is 11.8 Å². The number of hydrogen-bond acceptors (Lipinski definition) is 14. The molecule has 2 aromatic carbocycles. The summed E-state index contributed by atoms with van der Waals surface area (Å²) in [6, 6.07) is 20.9. The molecule has 5 amide bonds. The lowest BCUT2D eigenvalue weighted by atomic mass is 9.89. The van der Waals surface area contributed by atoms with Crippen molar-refractivity contribution < 1.29 is 29.1 Å². The molecule has 6 aromatic rings. The number of aromatic nitrogens is 5. The first-order valence-corrected chi connectivity index (χ1v) is 28.6. The van der Waals surface area contributed by atoms with Crippen molar-refractivity contribution in [2.75, 3.05) is 55.2 Å². The van der Waals surface area contributed by atoms with Gasteiger partial charge in [-0.3, -0.25) is 38.7 Å². The van der Waals surface area contributed by atoms with E-state index in [-0.39, 0.29) is 36.6 Å². The number of amides is 5. The molecule has 3 aliphatic rings. The standard InChI is InChI=1S/C44H53N11O5S2.C10H9NO.C4H10/c1-28-34(23-48-55(28)25-29-7-3-2-4-8-29)32-12-13-37(50-40(32)42(60)52-61-22-19-45-18-14-38(57)47-24-39(58)54-21-16-31(56)26-54)53-20-15-30-9-5-10-33(35(30)27-53)41(59)51-44-49-36-11-6-17-46-43(36)62-44;1-2-9-3-5-10(6-4-9)7-11-8-12;1-4(2)3/h5-6,9-13,17,23,29,31,45,56H,2-4,7-8,14-16,18-22,24-27H2,1H3,(H,47,57)(H,52,60)(H,49,51,59);1,3-6,8H,7H2,(H,11,12);4H,1-3H3. The highest BCUT2D eigenvalue weighted by molar-refractivity contribution is 7.97. The average Bonchev–Trinajstić information content (AvgIpc) is 4.20. The Morgan fingerprint density at radius 3 is 2.46 bits per heavy atom. The van der Waals surface area contributed by atoms with Gasteiger partial charge in [-0.25, -0.2) is 15.0 Å². The number of aliphatic hydroxyl groups excluding tert-OH is 1. The Morgan fingerprint density at radius 2 is 1.73 bits per heavy atom. The third kappa shape index (κ3) is 16.9. The van der Waals surface area contributed by atoms with Crippen LogP contribution in [0.25, 0.3) is 21.5 Å². The van der Waals surface area contributed by atoms with Gasteiger partial charge >= 0.3 is 0 Å². The molecule has 2 fully saturated rings. The van der Waals surface area contributed by atoms with Crippen LogP contribution in [-0.4, -0.2) is 116 Å². The number of fused-ring (bicyclic) bond motifs is 2. The van der Waals surface area contributed by atoms with Crippen molar-refractivity contribution in [3.8, 4) is 23.5 Å². The molecule has 412 valence electrons. The minimum atomic E-state index is -0.499. The zero-order valence-corrected chi connectivity index (χ0v) is 46.7. The number of β-amino-alcohol motifs (C(OH)–C–C–N with tert-alkyl or cyclic N) is 1. The monoisotopic (exact) mass is 1100 g/mol. The summed E-state index contributed by atoms with van der Waals surface area (Å²) >= 11 is 2.59. The number of nitrogens with zero attached hydrogens (tertiary/aromatic N) is 7. The summed E-state index contributed by atoms with van der Waals surface area (Å²) in [7, 11) is 0. The minimum absolute atomic E-state index is 0.0845. The molecule has 18 nitrogen and oxygen atoms in total. The minimum Gasteiger partial charge on any atom is -0.391 e. The van der Waals surface area contributed by atoms with E-state index in [0.717, 1.165) is 56.3 Å². The van der Waals surface area contributed by atoms with E-state index in [0.29, 0.717) is 105 Å². The Morgan fingerprint density at radius 1 is 0.936 bits per heavy atom. The van der Waals surface area contributed by atoms with Crippen molar-refractivity contribution in [1.82, 2.24) is 50.3 Å². The van der Waals surface area contributed by atoms with E-state index in [1.54, 1.807) is 11.1 Å². The Kier molecular flexibility index (Phi) is 22.1. The quantitative estimate of drug-likeness (QED) is 0.0203. The van der Waals surface area contributed by atoms with Crippen LogP contribution in [0.5, 0.6) is 0 Å². The van der Waals surface area contributed by atoms with E-state index in [1.165, 1.54) is 55.4 Å². The second kappa shape index (κ2) is 29.5. The molecule has 1 aliphatic carbocycles. The Balaban J connectivity index is 0.000000476. The fourth-order valence-electron chi connectivity index (χ4n) is 9.34. The van der Waals surface area contributed by atoms with Gasteiger partial charge in [0, 0.05) is 98.7 Å². The number of likely N-dealkylation sites (tertiary alicyclic amines) is 1. The predicted octanol–water partition coefficient (Wildman–Crippen LogP) is 7.30. The first-order chi connectivity index (χ1) is 37.8. The molecule has 1 saturated carbocycles. The van der Waals surface area contributed by atoms with E-state index in [2.05, 4.69) is 85.2 Å². The number of hydrogen-bond donors (Lipinski definition) is 6. The summed E-state index contributed by atoms with van der Waals surface area (Å²) in [4.78, 5) is 80.7. The second-order valence-corrected chi connectivity index (χ2v) is 22.1. The third-order valence-electron chi connectivity index (χ3n) is 13.4. The van der Waals surface area contributed by atoms with Gasteiger partial charge < -0.3 is 30.9 Å². The SMILES string of the molecule is C#Cc1ccc(CNC=O)cc1.CC(C)C.Cc1c(-c2ccc(N3CCc4cccc(C(=O)Nc5nc6cccnc6s5)c4C3)nc2C(=O)NSCCNCCC(=O)NCC(=O)N2CCC(O)C2)cnn1CC1CCCCC1. The zero-order chi connectivity index (χ0) is 55.4. The molecular weight excluding hydrogens is 1020 g/mol. The zero-order valence-electron chi connectivity index (χ0n) is 45.1. The van der Waals surface area contributed by atoms with Crippen molar-refractivity contribution in [3.63, 3.8) is 0 Å². The molecule has 1 atom stereocenters. The van der Waals surface area contributed by atoms with Crippen LogP contribution in [-0.2, 0) is 40.4 Å². The maximum atomic E-state index is 14.1. The van der Waals surface area contributed by atoms with Crippen LogP contribution in [0, 0.1) is 31.1 Å². The van der Waals surface area contributed by atoms with Crippen molar-refractivity contribution >= 4 is 74.6 Å². The number of benzene rings is 2. The molecule has 9 rings (SSSR count). The normalized spacial score (nSPS) is 15.0. The lowest BCUT2D eigenvalue weighted by molar-refractivity contribution is -0.132. The summed E-state index contributed by atoms with van der Waals surface area (Å²) in [5.41, 5.74) is 8.04. The van der Waals surface area contributed by atoms with Gasteiger partial charge in [-0.2, -0.15) is 5.10 Å². The van der Waals surface area contributed by atoms with Crippen LogP contribution < -0.4 is 30.9 Å². The Hall–Kier alpha value is -7.18.